The van der Waals surface area contributed by atoms with Crippen molar-refractivity contribution in [2.24, 2.45) is 5.73 Å². The van der Waals surface area contributed by atoms with Crippen molar-refractivity contribution < 1.29 is 43.2 Å². The van der Waals surface area contributed by atoms with Gasteiger partial charge in [0.2, 0.25) is 47.3 Å². The summed E-state index contributed by atoms with van der Waals surface area (Å²) in [6, 6.07) is 2.83. The molecule has 0 aliphatic carbocycles. The summed E-state index contributed by atoms with van der Waals surface area (Å²) in [5.41, 5.74) is 6.36. The van der Waals surface area contributed by atoms with Crippen LogP contribution in [-0.2, 0) is 56.0 Å². The molecule has 0 radical (unpaired) electrons. The van der Waals surface area contributed by atoms with Crippen LogP contribution in [0.4, 0.5) is 0 Å². The highest BCUT2D eigenvalue weighted by molar-refractivity contribution is 5.96. The highest BCUT2D eigenvalue weighted by atomic mass is 16.2. The fraction of sp³-hybridized carbons (Fsp3) is 0.486. The average molecular weight is 770 g/mol. The highest BCUT2D eigenvalue weighted by Crippen LogP contribution is 2.07. The van der Waals surface area contributed by atoms with Crippen molar-refractivity contribution in [3.8, 4) is 0 Å². The lowest BCUT2D eigenvalue weighted by atomic mass is 10.0. The van der Waals surface area contributed by atoms with E-state index in [9.17, 15) is 43.2 Å². The van der Waals surface area contributed by atoms with Crippen LogP contribution in [0.3, 0.4) is 0 Å². The number of imidazole rings is 1. The lowest BCUT2D eigenvalue weighted by molar-refractivity contribution is -0.134. The standard InChI is InChI=1S/C35H51N11O9/c1-21(32(52)44-25(31(36)51)12-8-14-47)42-29(49)19-40-33(53)27(15-23-9-5-4-6-10-23)45-35(55)28(16-24-17-38-20-41-24)46-34(54)26(11-7-13-37-3)43-30(50)18-39-22(2)48/h4-6,9-10,14,17,20-21,25-28,37H,7-8,11-13,15-16,18-19H2,1-3H3,(H2,36,51)(H,38,41)(H,39,48)(H,40,53)(H,42,49)(H,43,50)(H,44,52)(H,45,55)(H,46,54)/t21-,25?,26?,27?,28-/m0/s1. The number of nitrogens with one attached hydrogen (secondary N) is 9. The Bertz CT molecular complexity index is 1610. The molecule has 55 heavy (non-hydrogen) atoms. The summed E-state index contributed by atoms with van der Waals surface area (Å²) in [5, 5.41) is 20.5. The lowest BCUT2D eigenvalue weighted by Gasteiger charge is -2.25. The molecule has 0 fully saturated rings. The van der Waals surface area contributed by atoms with Gasteiger partial charge in [-0.2, -0.15) is 0 Å². The number of aldehydes is 1. The average Bonchev–Trinajstić information content (AvgIpc) is 3.67. The quantitative estimate of drug-likeness (QED) is 0.0347. The van der Waals surface area contributed by atoms with Crippen LogP contribution < -0.4 is 48.3 Å². The zero-order valence-electron chi connectivity index (χ0n) is 31.1. The van der Waals surface area contributed by atoms with Crippen molar-refractivity contribution in [1.82, 2.24) is 52.5 Å². The number of benzene rings is 1. The maximum atomic E-state index is 13.9. The number of aromatic amines is 1. The van der Waals surface area contributed by atoms with Gasteiger partial charge in [0.1, 0.15) is 36.5 Å². The molecule has 2 rings (SSSR count). The number of hydrogen-bond acceptors (Lipinski definition) is 11. The van der Waals surface area contributed by atoms with Crippen molar-refractivity contribution in [3.63, 3.8) is 0 Å². The van der Waals surface area contributed by atoms with E-state index in [0.717, 1.165) is 0 Å². The van der Waals surface area contributed by atoms with E-state index in [1.54, 1.807) is 37.4 Å². The maximum absolute atomic E-state index is 13.9. The van der Waals surface area contributed by atoms with Gasteiger partial charge in [0.05, 0.1) is 25.1 Å². The van der Waals surface area contributed by atoms with E-state index in [4.69, 9.17) is 5.73 Å². The predicted molar refractivity (Wildman–Crippen MR) is 197 cm³/mol. The number of rotatable bonds is 25. The van der Waals surface area contributed by atoms with Gasteiger partial charge in [-0.1, -0.05) is 30.3 Å². The topological polar surface area (TPSA) is 305 Å². The summed E-state index contributed by atoms with van der Waals surface area (Å²) < 4.78 is 0. The first kappa shape index (κ1) is 45.0. The Morgan fingerprint density at radius 3 is 1.98 bits per heavy atom. The Morgan fingerprint density at radius 2 is 1.38 bits per heavy atom. The summed E-state index contributed by atoms with van der Waals surface area (Å²) in [5.74, 6) is -5.62. The van der Waals surface area contributed by atoms with E-state index in [2.05, 4.69) is 52.5 Å². The van der Waals surface area contributed by atoms with Gasteiger partial charge >= 0.3 is 0 Å². The molecule has 8 amide bonds. The van der Waals surface area contributed by atoms with Gasteiger partial charge in [-0.3, -0.25) is 38.4 Å². The van der Waals surface area contributed by atoms with Crippen LogP contribution >= 0.6 is 0 Å². The minimum atomic E-state index is -1.28. The van der Waals surface area contributed by atoms with Crippen LogP contribution in [0.2, 0.25) is 0 Å². The number of carbonyl (C=O) groups is 9. The molecule has 20 nitrogen and oxygen atoms in total. The van der Waals surface area contributed by atoms with Crippen molar-refractivity contribution >= 4 is 53.5 Å². The number of amides is 8. The molecule has 20 heteroatoms. The first-order valence-electron chi connectivity index (χ1n) is 17.6. The summed E-state index contributed by atoms with van der Waals surface area (Å²) >= 11 is 0. The number of hydrogen-bond donors (Lipinski definition) is 10. The van der Waals surface area contributed by atoms with Crippen molar-refractivity contribution in [2.75, 3.05) is 26.7 Å². The Balaban J connectivity index is 2.21. The van der Waals surface area contributed by atoms with Crippen molar-refractivity contribution in [1.29, 1.82) is 0 Å². The van der Waals surface area contributed by atoms with Gasteiger partial charge in [0.25, 0.3) is 0 Å². The van der Waals surface area contributed by atoms with Crippen molar-refractivity contribution in [2.45, 2.75) is 82.6 Å². The molecular formula is C35H51N11O9. The Morgan fingerprint density at radius 1 is 0.764 bits per heavy atom. The van der Waals surface area contributed by atoms with E-state index in [-0.39, 0.29) is 38.6 Å². The molecule has 5 atom stereocenters. The second-order valence-electron chi connectivity index (χ2n) is 12.6. The predicted octanol–water partition coefficient (Wildman–Crippen LogP) is -3.64. The van der Waals surface area contributed by atoms with Crippen LogP contribution in [0, 0.1) is 0 Å². The molecule has 0 spiro atoms. The largest absolute Gasteiger partial charge is 0.368 e. The van der Waals surface area contributed by atoms with Gasteiger partial charge in [-0.25, -0.2) is 4.98 Å². The normalized spacial score (nSPS) is 13.4. The van der Waals surface area contributed by atoms with Gasteiger partial charge in [0, 0.05) is 32.4 Å². The number of primary amides is 1. The molecule has 0 bridgehead atoms. The second-order valence-corrected chi connectivity index (χ2v) is 12.6. The monoisotopic (exact) mass is 769 g/mol. The van der Waals surface area contributed by atoms with E-state index in [1.807, 2.05) is 0 Å². The molecule has 1 aromatic carbocycles. The molecule has 11 N–H and O–H groups in total. The van der Waals surface area contributed by atoms with E-state index >= 15 is 0 Å². The third-order valence-corrected chi connectivity index (χ3v) is 8.01. The van der Waals surface area contributed by atoms with Crippen molar-refractivity contribution in [3.05, 3.63) is 54.1 Å². The first-order chi connectivity index (χ1) is 26.2. The van der Waals surface area contributed by atoms with Gasteiger partial charge in [-0.15, -0.1) is 0 Å². The maximum Gasteiger partial charge on any atom is 0.243 e. The number of aromatic nitrogens is 2. The lowest BCUT2D eigenvalue weighted by Crippen LogP contribution is -2.58. The zero-order chi connectivity index (χ0) is 40.8. The van der Waals surface area contributed by atoms with Crippen LogP contribution in [-0.4, -0.2) is 120 Å². The number of nitrogens with zero attached hydrogens (tertiary/aromatic N) is 1. The van der Waals surface area contributed by atoms with Gasteiger partial charge in [0.15, 0.2) is 0 Å². The first-order valence-corrected chi connectivity index (χ1v) is 17.6. The molecule has 3 unspecified atom stereocenters. The minimum absolute atomic E-state index is 0.0109. The number of H-pyrrole nitrogens is 1. The fourth-order valence-electron chi connectivity index (χ4n) is 5.09. The summed E-state index contributed by atoms with van der Waals surface area (Å²) in [7, 11) is 1.73. The molecule has 2 aromatic rings. The summed E-state index contributed by atoms with van der Waals surface area (Å²) in [4.78, 5) is 119. The molecule has 0 aliphatic rings. The van der Waals surface area contributed by atoms with Gasteiger partial charge in [-0.05, 0) is 45.3 Å². The van der Waals surface area contributed by atoms with Crippen LogP contribution in [0.25, 0.3) is 0 Å². The smallest absolute Gasteiger partial charge is 0.243 e. The SMILES string of the molecule is CNCCCC(NC(=O)CNC(C)=O)C(=O)N[C@@H](Cc1c[nH]cn1)C(=O)NC(Cc1ccccc1)C(=O)NCC(=O)N[C@@H](C)C(=O)NC(CCC=O)C(N)=O. The third-order valence-electron chi connectivity index (χ3n) is 8.01. The molecular weight excluding hydrogens is 718 g/mol. The number of carbonyl (C=O) groups excluding carboxylic acids is 9. The Kier molecular flexibility index (Phi) is 19.8. The van der Waals surface area contributed by atoms with Crippen LogP contribution in [0.15, 0.2) is 42.9 Å². The van der Waals surface area contributed by atoms with E-state index in [1.165, 1.54) is 26.4 Å². The third kappa shape index (κ3) is 17.5. The Hall–Kier alpha value is -6.18. The van der Waals surface area contributed by atoms with E-state index in [0.29, 0.717) is 30.5 Å². The molecule has 0 saturated heterocycles. The van der Waals surface area contributed by atoms with Crippen LogP contribution in [0.5, 0.6) is 0 Å². The molecule has 1 aromatic heterocycles. The highest BCUT2D eigenvalue weighted by Gasteiger charge is 2.31. The molecule has 300 valence electrons. The summed E-state index contributed by atoms with van der Waals surface area (Å²) in [6.45, 7) is 2.16. The van der Waals surface area contributed by atoms with Crippen LogP contribution in [0.1, 0.15) is 50.8 Å². The molecule has 0 aliphatic heterocycles. The summed E-state index contributed by atoms with van der Waals surface area (Å²) in [6.07, 6.45) is 4.02. The zero-order valence-corrected chi connectivity index (χ0v) is 31.1. The minimum Gasteiger partial charge on any atom is -0.368 e. The van der Waals surface area contributed by atoms with Gasteiger partial charge < -0.3 is 58.0 Å². The van der Waals surface area contributed by atoms with E-state index < -0.39 is 84.0 Å². The fourth-order valence-corrected chi connectivity index (χ4v) is 5.09. The molecule has 0 saturated carbocycles. The second kappa shape index (κ2) is 24.2. The Labute approximate surface area is 318 Å². The number of nitrogens with two attached hydrogens (primary N) is 1. The molecule has 1 heterocycles.